The van der Waals surface area contributed by atoms with Crippen molar-refractivity contribution in [2.45, 2.75) is 26.8 Å². The molecule has 4 aromatic rings. The smallest absolute Gasteiger partial charge is 0.251 e. The molecule has 4 rings (SSSR count). The summed E-state index contributed by atoms with van der Waals surface area (Å²) in [6.45, 7) is 6.77. The molecule has 31 heavy (non-hydrogen) atoms. The Labute approximate surface area is 181 Å². The van der Waals surface area contributed by atoms with Crippen molar-refractivity contribution in [2.24, 2.45) is 5.92 Å². The number of aromatic nitrogens is 3. The first-order valence-corrected chi connectivity index (χ1v) is 10.5. The van der Waals surface area contributed by atoms with Gasteiger partial charge in [0.2, 0.25) is 0 Å². The number of para-hydroxylation sites is 2. The van der Waals surface area contributed by atoms with Crippen LogP contribution >= 0.6 is 0 Å². The molecule has 0 saturated carbocycles. The van der Waals surface area contributed by atoms with Crippen molar-refractivity contribution in [3.63, 3.8) is 0 Å². The molecule has 160 valence electrons. The molecule has 3 N–H and O–H groups in total. The van der Waals surface area contributed by atoms with E-state index in [1.807, 2.05) is 42.6 Å². The van der Waals surface area contributed by atoms with E-state index in [-0.39, 0.29) is 18.6 Å². The number of carbonyl (C=O) groups is 1. The summed E-state index contributed by atoms with van der Waals surface area (Å²) in [4.78, 5) is 21.8. The van der Waals surface area contributed by atoms with Crippen LogP contribution in [0.3, 0.4) is 0 Å². The van der Waals surface area contributed by atoms with Gasteiger partial charge in [-0.1, -0.05) is 38.1 Å². The summed E-state index contributed by atoms with van der Waals surface area (Å²) in [5, 5.41) is 15.3. The second-order valence-corrected chi connectivity index (χ2v) is 8.16. The number of rotatable bonds is 7. The van der Waals surface area contributed by atoms with E-state index in [0.29, 0.717) is 11.5 Å². The van der Waals surface area contributed by atoms with Crippen LogP contribution in [0.5, 0.6) is 0 Å². The van der Waals surface area contributed by atoms with Crippen molar-refractivity contribution >= 4 is 28.4 Å². The molecule has 0 bridgehead atoms. The summed E-state index contributed by atoms with van der Waals surface area (Å²) < 4.78 is 2.11. The summed E-state index contributed by atoms with van der Waals surface area (Å²) in [5.74, 6) is 1.03. The summed E-state index contributed by atoms with van der Waals surface area (Å²) >= 11 is 0. The van der Waals surface area contributed by atoms with E-state index in [1.165, 1.54) is 0 Å². The van der Waals surface area contributed by atoms with Crippen molar-refractivity contribution in [1.29, 1.82) is 0 Å². The Hall–Kier alpha value is -3.45. The quantitative estimate of drug-likeness (QED) is 0.426. The van der Waals surface area contributed by atoms with Gasteiger partial charge in [0.25, 0.3) is 5.91 Å². The van der Waals surface area contributed by atoms with E-state index >= 15 is 0 Å². The molecule has 2 aromatic heterocycles. The van der Waals surface area contributed by atoms with Gasteiger partial charge >= 0.3 is 0 Å². The van der Waals surface area contributed by atoms with Gasteiger partial charge in [-0.3, -0.25) is 9.20 Å². The van der Waals surface area contributed by atoms with Crippen molar-refractivity contribution in [3.05, 3.63) is 60.3 Å². The average molecular weight is 418 g/mol. The zero-order valence-corrected chi connectivity index (χ0v) is 18.0. The number of hydrogen-bond acceptors (Lipinski definition) is 5. The number of benzene rings is 2. The third-order valence-corrected chi connectivity index (χ3v) is 5.10. The van der Waals surface area contributed by atoms with Gasteiger partial charge in [-0.15, -0.1) is 0 Å². The molecule has 0 spiro atoms. The van der Waals surface area contributed by atoms with E-state index in [4.69, 9.17) is 10.1 Å². The molecule has 0 radical (unpaired) electrons. The van der Waals surface area contributed by atoms with Crippen LogP contribution in [0.15, 0.2) is 54.7 Å². The number of imidazole rings is 1. The molecule has 0 saturated heterocycles. The van der Waals surface area contributed by atoms with Gasteiger partial charge in [-0.2, -0.15) is 0 Å². The van der Waals surface area contributed by atoms with E-state index < -0.39 is 0 Å². The van der Waals surface area contributed by atoms with Crippen molar-refractivity contribution in [3.8, 4) is 11.3 Å². The molecular formula is C24H27N5O2. The van der Waals surface area contributed by atoms with Gasteiger partial charge in [0, 0.05) is 23.7 Å². The Kier molecular flexibility index (Phi) is 5.86. The van der Waals surface area contributed by atoms with Gasteiger partial charge in [-0.05, 0) is 37.1 Å². The topological polar surface area (TPSA) is 91.6 Å². The van der Waals surface area contributed by atoms with Crippen LogP contribution in [0, 0.1) is 5.92 Å². The third kappa shape index (κ3) is 4.22. The maximum Gasteiger partial charge on any atom is 0.251 e. The minimum Gasteiger partial charge on any atom is -0.394 e. The molecule has 1 unspecified atom stereocenters. The van der Waals surface area contributed by atoms with Gasteiger partial charge < -0.3 is 15.7 Å². The molecule has 0 fully saturated rings. The highest BCUT2D eigenvalue weighted by atomic mass is 16.3. The van der Waals surface area contributed by atoms with E-state index in [2.05, 4.69) is 33.9 Å². The maximum absolute atomic E-state index is 12.3. The monoisotopic (exact) mass is 417 g/mol. The number of amides is 1. The van der Waals surface area contributed by atoms with Crippen LogP contribution < -0.4 is 10.6 Å². The number of carbonyl (C=O) groups excluding carboxylic acids is 1. The number of nitrogens with zero attached hydrogens (tertiary/aromatic N) is 3. The lowest BCUT2D eigenvalue weighted by molar-refractivity contribution is 0.0922. The first-order valence-electron chi connectivity index (χ1n) is 10.5. The lowest BCUT2D eigenvalue weighted by Crippen LogP contribution is -2.34. The lowest BCUT2D eigenvalue weighted by atomic mass is 10.1. The first-order chi connectivity index (χ1) is 15.0. The molecule has 0 aliphatic carbocycles. The number of aliphatic hydroxyl groups is 1. The molecule has 7 nitrogen and oxygen atoms in total. The minimum absolute atomic E-state index is 0.0973. The predicted octanol–water partition coefficient (Wildman–Crippen LogP) is 3.73. The Morgan fingerprint density at radius 1 is 1.10 bits per heavy atom. The zero-order valence-electron chi connectivity index (χ0n) is 18.0. The van der Waals surface area contributed by atoms with Crippen LogP contribution in [-0.4, -0.2) is 44.6 Å². The summed E-state index contributed by atoms with van der Waals surface area (Å²) in [5.41, 5.74) is 5.05. The van der Waals surface area contributed by atoms with Crippen LogP contribution in [0.25, 0.3) is 27.9 Å². The minimum atomic E-state index is -0.290. The molecule has 0 aliphatic rings. The SMILES string of the molecule is CC(C)CNc1nc2ccccc2n2c(-c3ccc(C(=O)NC(C)CO)cc3)cnc12. The second-order valence-electron chi connectivity index (χ2n) is 8.16. The molecule has 0 aliphatic heterocycles. The Morgan fingerprint density at radius 2 is 1.84 bits per heavy atom. The molecule has 1 atom stereocenters. The van der Waals surface area contributed by atoms with Gasteiger partial charge in [-0.25, -0.2) is 9.97 Å². The lowest BCUT2D eigenvalue weighted by Gasteiger charge is -2.13. The van der Waals surface area contributed by atoms with Crippen LogP contribution in [-0.2, 0) is 0 Å². The number of anilines is 1. The predicted molar refractivity (Wildman–Crippen MR) is 123 cm³/mol. The van der Waals surface area contributed by atoms with Crippen LogP contribution in [0.1, 0.15) is 31.1 Å². The highest BCUT2D eigenvalue weighted by Crippen LogP contribution is 2.28. The fraction of sp³-hybridized carbons (Fsp3) is 0.292. The summed E-state index contributed by atoms with van der Waals surface area (Å²) in [6.07, 6.45) is 1.84. The fourth-order valence-electron chi connectivity index (χ4n) is 3.45. The van der Waals surface area contributed by atoms with E-state index in [1.54, 1.807) is 19.1 Å². The zero-order chi connectivity index (χ0) is 22.0. The van der Waals surface area contributed by atoms with E-state index in [9.17, 15) is 4.79 Å². The molecule has 1 amide bonds. The van der Waals surface area contributed by atoms with Crippen molar-refractivity contribution in [1.82, 2.24) is 19.7 Å². The average Bonchev–Trinajstić information content (AvgIpc) is 3.23. The first kappa shape index (κ1) is 20.8. The normalized spacial score (nSPS) is 12.4. The Bertz CT molecular complexity index is 1210. The third-order valence-electron chi connectivity index (χ3n) is 5.10. The largest absolute Gasteiger partial charge is 0.394 e. The standard InChI is InChI=1S/C24H27N5O2/c1-15(2)12-25-22-23-26-13-21(29(23)20-7-5-4-6-19(20)28-22)17-8-10-18(11-9-17)24(31)27-16(3)14-30/h4-11,13,15-16,30H,12,14H2,1-3H3,(H,25,28)(H,27,31). The molecular weight excluding hydrogens is 390 g/mol. The highest BCUT2D eigenvalue weighted by molar-refractivity contribution is 5.95. The molecule has 7 heteroatoms. The van der Waals surface area contributed by atoms with Gasteiger partial charge in [0.05, 0.1) is 29.5 Å². The summed E-state index contributed by atoms with van der Waals surface area (Å²) in [7, 11) is 0. The number of hydrogen-bond donors (Lipinski definition) is 3. The number of aliphatic hydroxyl groups excluding tert-OH is 1. The number of nitrogens with one attached hydrogen (secondary N) is 2. The van der Waals surface area contributed by atoms with Crippen molar-refractivity contribution in [2.75, 3.05) is 18.5 Å². The van der Waals surface area contributed by atoms with Crippen LogP contribution in [0.4, 0.5) is 5.82 Å². The Morgan fingerprint density at radius 3 is 2.55 bits per heavy atom. The van der Waals surface area contributed by atoms with Gasteiger partial charge in [0.1, 0.15) is 0 Å². The molecule has 2 aromatic carbocycles. The second kappa shape index (κ2) is 8.73. The van der Waals surface area contributed by atoms with Gasteiger partial charge in [0.15, 0.2) is 11.5 Å². The highest BCUT2D eigenvalue weighted by Gasteiger charge is 2.16. The van der Waals surface area contributed by atoms with Crippen LogP contribution in [0.2, 0.25) is 0 Å². The summed E-state index contributed by atoms with van der Waals surface area (Å²) in [6, 6.07) is 15.1. The number of fused-ring (bicyclic) bond motifs is 3. The Balaban J connectivity index is 1.77. The van der Waals surface area contributed by atoms with Crippen molar-refractivity contribution < 1.29 is 9.90 Å². The maximum atomic E-state index is 12.3. The fourth-order valence-corrected chi connectivity index (χ4v) is 3.45. The van der Waals surface area contributed by atoms with E-state index in [0.717, 1.165) is 40.3 Å². The molecule has 2 heterocycles.